The summed E-state index contributed by atoms with van der Waals surface area (Å²) in [4.78, 5) is 14.2. The van der Waals surface area contributed by atoms with Crippen molar-refractivity contribution in [3.63, 3.8) is 0 Å². The Balaban J connectivity index is 1.31. The predicted molar refractivity (Wildman–Crippen MR) is 211 cm³/mol. The van der Waals surface area contributed by atoms with Crippen LogP contribution >= 0.6 is 0 Å². The lowest BCUT2D eigenvalue weighted by atomic mass is 9.85. The molecule has 0 amide bonds. The number of hydrogen-bond acceptors (Lipinski definition) is 3. The first-order valence-electron chi connectivity index (χ1n) is 17.4. The van der Waals surface area contributed by atoms with Gasteiger partial charge in [-0.25, -0.2) is 4.98 Å². The lowest BCUT2D eigenvalue weighted by Gasteiger charge is -2.21. The van der Waals surface area contributed by atoms with Crippen molar-refractivity contribution in [1.82, 2.24) is 19.5 Å². The zero-order chi connectivity index (χ0) is 34.3. The highest BCUT2D eigenvalue weighted by atomic mass is 16.3. The van der Waals surface area contributed by atoms with Crippen molar-refractivity contribution in [2.24, 2.45) is 0 Å². The molecule has 0 atom stereocenters. The summed E-state index contributed by atoms with van der Waals surface area (Å²) in [5, 5.41) is 4.55. The molecule has 10 rings (SSSR count). The third-order valence-electron chi connectivity index (χ3n) is 10.2. The van der Waals surface area contributed by atoms with E-state index in [1.165, 1.54) is 16.3 Å². The van der Waals surface area contributed by atoms with Crippen LogP contribution in [-0.4, -0.2) is 19.5 Å². The molecule has 5 nitrogen and oxygen atoms in total. The smallest absolute Gasteiger partial charge is 0.147 e. The number of pyridine rings is 1. The van der Waals surface area contributed by atoms with Gasteiger partial charge in [0.15, 0.2) is 0 Å². The molecule has 0 bridgehead atoms. The van der Waals surface area contributed by atoms with Gasteiger partial charge in [0, 0.05) is 55.6 Å². The maximum absolute atomic E-state index is 6.50. The fourth-order valence-electron chi connectivity index (χ4n) is 7.61. The average molecular weight is 659 g/mol. The molecule has 244 valence electrons. The first-order valence-corrected chi connectivity index (χ1v) is 17.4. The molecule has 0 fully saturated rings. The van der Waals surface area contributed by atoms with Crippen molar-refractivity contribution < 1.29 is 4.42 Å². The Labute approximate surface area is 294 Å². The van der Waals surface area contributed by atoms with Gasteiger partial charge in [0.25, 0.3) is 0 Å². The topological polar surface area (TPSA) is 59.6 Å². The number of nitrogens with one attached hydrogen (secondary N) is 1. The fourth-order valence-corrected chi connectivity index (χ4v) is 7.61. The van der Waals surface area contributed by atoms with Gasteiger partial charge in [0.05, 0.1) is 22.2 Å². The quantitative estimate of drug-likeness (QED) is 0.205. The highest BCUT2D eigenvalue weighted by Crippen LogP contribution is 2.43. The molecule has 0 aliphatic heterocycles. The molecule has 6 aromatic carbocycles. The first-order chi connectivity index (χ1) is 24.9. The van der Waals surface area contributed by atoms with Crippen LogP contribution in [0.25, 0.3) is 94.2 Å². The molecular formula is C46H34N4O. The van der Waals surface area contributed by atoms with Crippen LogP contribution in [0, 0.1) is 0 Å². The number of hydrogen-bond donors (Lipinski definition) is 1. The van der Waals surface area contributed by atoms with E-state index in [-0.39, 0.29) is 5.41 Å². The Kier molecular flexibility index (Phi) is 6.37. The van der Waals surface area contributed by atoms with Crippen molar-refractivity contribution in [2.75, 3.05) is 0 Å². The molecule has 0 spiro atoms. The van der Waals surface area contributed by atoms with Crippen LogP contribution in [0.5, 0.6) is 0 Å². The number of furan rings is 1. The molecule has 4 heterocycles. The van der Waals surface area contributed by atoms with E-state index in [4.69, 9.17) is 14.4 Å². The second-order valence-corrected chi connectivity index (χ2v) is 14.4. The Morgan fingerprint density at radius 3 is 2.24 bits per heavy atom. The van der Waals surface area contributed by atoms with Gasteiger partial charge in [0.2, 0.25) is 0 Å². The minimum atomic E-state index is -0.0687. The van der Waals surface area contributed by atoms with Crippen LogP contribution in [0.4, 0.5) is 0 Å². The second-order valence-electron chi connectivity index (χ2n) is 14.4. The zero-order valence-corrected chi connectivity index (χ0v) is 28.6. The van der Waals surface area contributed by atoms with Gasteiger partial charge in [-0.05, 0) is 83.3 Å². The highest BCUT2D eigenvalue weighted by molar-refractivity contribution is 6.14. The lowest BCUT2D eigenvalue weighted by Crippen LogP contribution is -2.11. The molecule has 0 unspecified atom stereocenters. The van der Waals surface area contributed by atoms with Crippen LogP contribution in [0.15, 0.2) is 150 Å². The minimum absolute atomic E-state index is 0.0687. The van der Waals surface area contributed by atoms with Crippen molar-refractivity contribution >= 4 is 54.8 Å². The summed E-state index contributed by atoms with van der Waals surface area (Å²) in [6.07, 6.45) is 1.83. The third-order valence-corrected chi connectivity index (χ3v) is 10.2. The molecule has 0 aliphatic rings. The number of H-pyrrole nitrogens is 1. The Morgan fingerprint density at radius 2 is 1.41 bits per heavy atom. The van der Waals surface area contributed by atoms with E-state index in [1.54, 1.807) is 0 Å². The van der Waals surface area contributed by atoms with Crippen LogP contribution in [-0.2, 0) is 5.41 Å². The number of aromatic nitrogens is 4. The summed E-state index contributed by atoms with van der Waals surface area (Å²) in [5.74, 6) is 0.895. The maximum Gasteiger partial charge on any atom is 0.147 e. The van der Waals surface area contributed by atoms with E-state index in [1.807, 2.05) is 36.5 Å². The van der Waals surface area contributed by atoms with Crippen LogP contribution < -0.4 is 0 Å². The number of rotatable bonds is 4. The summed E-state index contributed by atoms with van der Waals surface area (Å²) in [7, 11) is 0. The number of imidazole rings is 1. The van der Waals surface area contributed by atoms with Crippen LogP contribution in [0.3, 0.4) is 0 Å². The molecule has 5 heteroatoms. The summed E-state index contributed by atoms with van der Waals surface area (Å²) in [6.45, 7) is 6.83. The largest absolute Gasteiger partial charge is 0.455 e. The number of fused-ring (bicyclic) bond motifs is 7. The van der Waals surface area contributed by atoms with Gasteiger partial charge in [0.1, 0.15) is 17.0 Å². The molecule has 10 aromatic rings. The van der Waals surface area contributed by atoms with Gasteiger partial charge in [-0.2, -0.15) is 0 Å². The van der Waals surface area contributed by atoms with Crippen molar-refractivity contribution in [3.8, 4) is 39.5 Å². The Hall–Kier alpha value is -6.46. The molecule has 0 saturated carbocycles. The molecule has 0 radical (unpaired) electrons. The Bertz CT molecular complexity index is 2940. The summed E-state index contributed by atoms with van der Waals surface area (Å²) < 4.78 is 8.81. The second kappa shape index (κ2) is 11.0. The summed E-state index contributed by atoms with van der Waals surface area (Å²) in [6, 6.07) is 49.0. The fraction of sp³-hybridized carbons (Fsp3) is 0.0870. The third kappa shape index (κ3) is 4.62. The predicted octanol–water partition coefficient (Wildman–Crippen LogP) is 12.3. The molecule has 1 N–H and O–H groups in total. The van der Waals surface area contributed by atoms with Gasteiger partial charge in [-0.1, -0.05) is 93.6 Å². The van der Waals surface area contributed by atoms with Crippen molar-refractivity contribution in [2.45, 2.75) is 26.2 Å². The molecule has 4 aromatic heterocycles. The molecule has 51 heavy (non-hydrogen) atoms. The van der Waals surface area contributed by atoms with Gasteiger partial charge < -0.3 is 9.40 Å². The van der Waals surface area contributed by atoms with Crippen molar-refractivity contribution in [3.05, 3.63) is 151 Å². The van der Waals surface area contributed by atoms with E-state index in [2.05, 4.69) is 140 Å². The zero-order valence-electron chi connectivity index (χ0n) is 28.6. The van der Waals surface area contributed by atoms with E-state index < -0.39 is 0 Å². The SMILES string of the molecule is CC(C)(C)c1cc(-c2nc3c(-c4cc(-c5ccccn5)c5oc6ccccc6c5c4)cccc3n2-c2ccccc2)c2[nH]c3ccccc3c2c1. The maximum atomic E-state index is 6.50. The number of benzene rings is 6. The summed E-state index contributed by atoms with van der Waals surface area (Å²) in [5.41, 5.74) is 13.1. The van der Waals surface area contributed by atoms with Crippen LogP contribution in [0.1, 0.15) is 26.3 Å². The monoisotopic (exact) mass is 658 g/mol. The van der Waals surface area contributed by atoms with Crippen LogP contribution in [0.2, 0.25) is 0 Å². The molecule has 0 saturated heterocycles. The average Bonchev–Trinajstić information content (AvgIpc) is 3.86. The summed E-state index contributed by atoms with van der Waals surface area (Å²) >= 11 is 0. The number of aromatic amines is 1. The van der Waals surface area contributed by atoms with E-state index >= 15 is 0 Å². The lowest BCUT2D eigenvalue weighted by molar-refractivity contribution is 0.591. The minimum Gasteiger partial charge on any atom is -0.455 e. The normalized spacial score (nSPS) is 12.2. The number of nitrogens with zero attached hydrogens (tertiary/aromatic N) is 3. The van der Waals surface area contributed by atoms with E-state index in [0.29, 0.717) is 0 Å². The first kappa shape index (κ1) is 29.5. The standard InChI is InChI=1S/C46H34N4O/c1-46(2,3)29-26-34-32-16-7-9-20-39(32)48-42(34)37(27-29)45-49-43-31(18-13-21-40(43)50(45)30-14-5-4-6-15-30)28-24-35-33-17-8-10-22-41(33)51-44(35)36(25-28)38-19-11-12-23-47-38/h4-27,48H,1-3H3. The molecular weight excluding hydrogens is 625 g/mol. The van der Waals surface area contributed by atoms with Crippen molar-refractivity contribution in [1.29, 1.82) is 0 Å². The van der Waals surface area contributed by atoms with E-state index in [0.717, 1.165) is 83.5 Å². The number of para-hydroxylation sites is 4. The highest BCUT2D eigenvalue weighted by Gasteiger charge is 2.25. The van der Waals surface area contributed by atoms with Gasteiger partial charge >= 0.3 is 0 Å². The molecule has 0 aliphatic carbocycles. The van der Waals surface area contributed by atoms with Gasteiger partial charge in [-0.15, -0.1) is 0 Å². The van der Waals surface area contributed by atoms with E-state index in [9.17, 15) is 0 Å². The Morgan fingerprint density at radius 1 is 0.627 bits per heavy atom. The van der Waals surface area contributed by atoms with Gasteiger partial charge in [-0.3, -0.25) is 9.55 Å².